The number of Topliss-reactive ketones (excluding diaryl/α,β-unsaturated/α-hetero) is 1. The number of fused-ring (bicyclic) bond motifs is 2. The van der Waals surface area contributed by atoms with Gasteiger partial charge in [0.25, 0.3) is 0 Å². The van der Waals surface area contributed by atoms with Crippen LogP contribution in [0.4, 0.5) is 0 Å². The maximum atomic E-state index is 12.5. The van der Waals surface area contributed by atoms with Crippen LogP contribution in [-0.2, 0) is 36.6 Å². The van der Waals surface area contributed by atoms with E-state index in [1.807, 2.05) is 36.4 Å². The van der Waals surface area contributed by atoms with Crippen molar-refractivity contribution in [2.75, 3.05) is 81.0 Å². The number of rotatable bonds is 11. The van der Waals surface area contributed by atoms with Crippen LogP contribution >= 0.6 is 35.6 Å². The molecular formula is C42H55Cl3N4O7. The van der Waals surface area contributed by atoms with Gasteiger partial charge in [-0.25, -0.2) is 0 Å². The van der Waals surface area contributed by atoms with Crippen molar-refractivity contribution in [1.29, 1.82) is 10.5 Å². The summed E-state index contributed by atoms with van der Waals surface area (Å²) in [5.41, 5.74) is 5.12. The highest BCUT2D eigenvalue weighted by Crippen LogP contribution is 2.39. The largest absolute Gasteiger partial charge is 0.491 e. The van der Waals surface area contributed by atoms with Crippen molar-refractivity contribution >= 4 is 52.1 Å². The number of hydrogen-bond acceptors (Lipinski definition) is 11. The minimum atomic E-state index is -0.356. The predicted octanol–water partition coefficient (Wildman–Crippen LogP) is 7.12. The first kappa shape index (κ1) is 47.0. The smallest absolute Gasteiger partial charge is 0.179 e. The predicted molar refractivity (Wildman–Crippen MR) is 222 cm³/mol. The van der Waals surface area contributed by atoms with Crippen LogP contribution in [0.2, 0.25) is 0 Å². The number of nitriles is 2. The number of carbonyl (C=O) groups excluding carboxylic acids is 1. The monoisotopic (exact) mass is 832 g/mol. The molecule has 2 aliphatic carbocycles. The molecule has 0 bridgehead atoms. The molecule has 6 rings (SSSR count). The first-order chi connectivity index (χ1) is 26.4. The highest BCUT2D eigenvalue weighted by molar-refractivity contribution is 6.50. The van der Waals surface area contributed by atoms with Gasteiger partial charge >= 0.3 is 0 Å². The molecule has 14 heteroatoms. The summed E-state index contributed by atoms with van der Waals surface area (Å²) in [4.78, 5) is 14.7. The van der Waals surface area contributed by atoms with E-state index in [0.29, 0.717) is 55.0 Å². The molecule has 2 aromatic carbocycles. The number of allylic oxidation sites excluding steroid dienone is 2. The molecule has 0 aromatic heterocycles. The molecule has 2 saturated heterocycles. The third-order valence-electron chi connectivity index (χ3n) is 10.6. The van der Waals surface area contributed by atoms with Gasteiger partial charge < -0.3 is 38.6 Å². The Balaban J connectivity index is 0.000000251. The van der Waals surface area contributed by atoms with Crippen LogP contribution in [-0.4, -0.2) is 108 Å². The Morgan fingerprint density at radius 3 is 1.84 bits per heavy atom. The van der Waals surface area contributed by atoms with Gasteiger partial charge in [-0.1, -0.05) is 23.7 Å². The molecular weight excluding hydrogens is 779 g/mol. The number of methoxy groups -OCH3 is 4. The van der Waals surface area contributed by atoms with Gasteiger partial charge in [-0.2, -0.15) is 10.5 Å². The van der Waals surface area contributed by atoms with Gasteiger partial charge in [-0.05, 0) is 94.4 Å². The standard InChI is InChI=1S/C21H26N2O4.C14H13Cl2NO2.C7H15NO.ClH/c1-21(26-3)6-8-23(9-7-21)20-17-13-16(27-11-10-25-2)5-4-15(17)12-19(24)18(20)14-22;1-18-4-5-19-10-3-2-9-6-13(15)12(8-17)14(16)11(9)7-10;1-7(9-2)3-5-8-6-4-7;/h4-5,13H,6-12H2,1-3H3;2-3,7,13H,4-6H2,1H3;8H,3-6H2,1-2H3;1H. The molecule has 0 saturated carbocycles. The van der Waals surface area contributed by atoms with Crippen LogP contribution in [0.5, 0.6) is 11.5 Å². The molecule has 56 heavy (non-hydrogen) atoms. The third-order valence-corrected chi connectivity index (χ3v) is 11.4. The van der Waals surface area contributed by atoms with Gasteiger partial charge in [0.15, 0.2) is 5.78 Å². The molecule has 11 nitrogen and oxygen atoms in total. The normalized spacial score (nSPS) is 19.4. The summed E-state index contributed by atoms with van der Waals surface area (Å²) in [6, 6.07) is 15.6. The molecule has 4 aliphatic rings. The number of benzene rings is 2. The Labute approximate surface area is 348 Å². The third kappa shape index (κ3) is 12.3. The van der Waals surface area contributed by atoms with E-state index in [9.17, 15) is 10.1 Å². The molecule has 1 unspecified atom stereocenters. The fourth-order valence-corrected chi connectivity index (χ4v) is 7.50. The van der Waals surface area contributed by atoms with Crippen molar-refractivity contribution in [2.45, 2.75) is 69.0 Å². The summed E-state index contributed by atoms with van der Waals surface area (Å²) in [7, 11) is 6.78. The van der Waals surface area contributed by atoms with E-state index in [0.717, 1.165) is 79.8 Å². The van der Waals surface area contributed by atoms with Crippen molar-refractivity contribution in [3.8, 4) is 23.6 Å². The lowest BCUT2D eigenvalue weighted by Crippen LogP contribution is -2.43. The van der Waals surface area contributed by atoms with E-state index < -0.39 is 0 Å². The number of halogens is 3. The molecule has 0 radical (unpaired) electrons. The van der Waals surface area contributed by atoms with Crippen molar-refractivity contribution in [2.24, 2.45) is 0 Å². The van der Waals surface area contributed by atoms with Crippen LogP contribution in [0.3, 0.4) is 0 Å². The zero-order valence-corrected chi connectivity index (χ0v) is 35.6. The molecule has 2 heterocycles. The number of carbonyl (C=O) groups is 1. The number of nitrogens with one attached hydrogen (secondary N) is 1. The molecule has 1 N–H and O–H groups in total. The first-order valence-corrected chi connectivity index (χ1v) is 19.4. The lowest BCUT2D eigenvalue weighted by Gasteiger charge is -2.41. The maximum absolute atomic E-state index is 12.5. The van der Waals surface area contributed by atoms with E-state index in [2.05, 4.69) is 36.2 Å². The van der Waals surface area contributed by atoms with Gasteiger partial charge in [0.05, 0.1) is 52.2 Å². The highest BCUT2D eigenvalue weighted by atomic mass is 35.5. The van der Waals surface area contributed by atoms with Crippen molar-refractivity contribution in [3.05, 3.63) is 69.8 Å². The van der Waals surface area contributed by atoms with E-state index in [-0.39, 0.29) is 46.8 Å². The minimum absolute atomic E-state index is 0. The number of piperidine rings is 2. The van der Waals surface area contributed by atoms with Gasteiger partial charge in [-0.15, -0.1) is 24.0 Å². The summed E-state index contributed by atoms with van der Waals surface area (Å²) < 4.78 is 32.2. The summed E-state index contributed by atoms with van der Waals surface area (Å²) in [6.07, 6.45) is 4.84. The lowest BCUT2D eigenvalue weighted by molar-refractivity contribution is -0.114. The Bertz CT molecular complexity index is 1770. The average molecular weight is 834 g/mol. The van der Waals surface area contributed by atoms with Crippen LogP contribution in [0.25, 0.3) is 10.7 Å². The number of likely N-dealkylation sites (tertiary alicyclic amines) is 1. The minimum Gasteiger partial charge on any atom is -0.491 e. The Hall–Kier alpha value is -3.36. The zero-order valence-electron chi connectivity index (χ0n) is 33.3. The molecule has 2 aromatic rings. The Morgan fingerprint density at radius 2 is 1.34 bits per heavy atom. The first-order valence-electron chi connectivity index (χ1n) is 18.6. The van der Waals surface area contributed by atoms with Gasteiger partial charge in [-0.3, -0.25) is 4.79 Å². The molecule has 0 amide bonds. The quantitative estimate of drug-likeness (QED) is 0.183. The van der Waals surface area contributed by atoms with Crippen LogP contribution in [0.1, 0.15) is 61.8 Å². The molecule has 306 valence electrons. The zero-order chi connectivity index (χ0) is 40.0. The van der Waals surface area contributed by atoms with Gasteiger partial charge in [0.1, 0.15) is 36.4 Å². The second kappa shape index (κ2) is 22.5. The molecule has 1 atom stereocenters. The number of ether oxygens (including phenoxy) is 6. The fourth-order valence-electron chi connectivity index (χ4n) is 6.77. The lowest BCUT2D eigenvalue weighted by atomic mass is 9.85. The van der Waals surface area contributed by atoms with E-state index in [4.69, 9.17) is 56.9 Å². The van der Waals surface area contributed by atoms with E-state index in [1.54, 1.807) is 28.4 Å². The number of ketones is 1. The van der Waals surface area contributed by atoms with E-state index in [1.165, 1.54) is 0 Å². The van der Waals surface area contributed by atoms with Crippen molar-refractivity contribution in [1.82, 2.24) is 10.2 Å². The average Bonchev–Trinajstić information content (AvgIpc) is 3.19. The SMILES string of the molecule is COC1(C)CCNCC1.COCCOc1ccc2c(c1)C(Cl)=C(C#N)C(Cl)C2.COCCOc1ccc2c(c1)C(N1CCC(C)(OC)CC1)=C(C#N)C(=O)C2.Cl. The van der Waals surface area contributed by atoms with Crippen LogP contribution < -0.4 is 14.8 Å². The van der Waals surface area contributed by atoms with E-state index >= 15 is 0 Å². The summed E-state index contributed by atoms with van der Waals surface area (Å²) in [6.45, 7) is 9.91. The van der Waals surface area contributed by atoms with Gasteiger partial charge in [0.2, 0.25) is 0 Å². The Morgan fingerprint density at radius 1 is 0.804 bits per heavy atom. The van der Waals surface area contributed by atoms with Gasteiger partial charge in [0, 0.05) is 59.1 Å². The summed E-state index contributed by atoms with van der Waals surface area (Å²) >= 11 is 12.4. The molecule has 0 spiro atoms. The number of hydrogen-bond donors (Lipinski definition) is 1. The fraction of sp³-hybridized carbons (Fsp3) is 0.548. The van der Waals surface area contributed by atoms with Crippen molar-refractivity contribution < 1.29 is 33.2 Å². The second-order valence-corrected chi connectivity index (χ2v) is 15.2. The number of alkyl halides is 1. The van der Waals surface area contributed by atoms with Crippen LogP contribution in [0.15, 0.2) is 47.5 Å². The molecule has 2 aliphatic heterocycles. The maximum Gasteiger partial charge on any atom is 0.179 e. The topological polar surface area (TPSA) is 135 Å². The van der Waals surface area contributed by atoms with Crippen LogP contribution in [0, 0.1) is 22.7 Å². The second-order valence-electron chi connectivity index (χ2n) is 14.3. The number of nitrogens with zero attached hydrogens (tertiary/aromatic N) is 3. The molecule has 2 fully saturated rings. The van der Waals surface area contributed by atoms with Crippen molar-refractivity contribution in [3.63, 3.8) is 0 Å². The summed E-state index contributed by atoms with van der Waals surface area (Å²) in [5, 5.41) is 22.1. The Kier molecular flexibility index (Phi) is 18.9. The summed E-state index contributed by atoms with van der Waals surface area (Å²) in [5.74, 6) is 1.31. The highest BCUT2D eigenvalue weighted by Gasteiger charge is 2.35.